The average molecular weight is 695 g/mol. The lowest BCUT2D eigenvalue weighted by molar-refractivity contribution is 0.191. The zero-order valence-corrected chi connectivity index (χ0v) is 22.1. The maximum absolute atomic E-state index is 12.4. The molecule has 1 aliphatic rings. The number of aromatic nitrogens is 4. The zero-order chi connectivity index (χ0) is 21.1. The maximum atomic E-state index is 12.4. The molecule has 158 valence electrons. The smallest absolute Gasteiger partial charge is 0.269 e. The van der Waals surface area contributed by atoms with Gasteiger partial charge in [-0.05, 0) is 99.2 Å². The quantitative estimate of drug-likeness (QED) is 0.399. The number of fused-ring (bicyclic) bond motifs is 1. The van der Waals surface area contributed by atoms with Crippen molar-refractivity contribution in [3.63, 3.8) is 0 Å². The van der Waals surface area contributed by atoms with Crippen molar-refractivity contribution in [1.82, 2.24) is 29.7 Å². The predicted molar refractivity (Wildman–Crippen MR) is 137 cm³/mol. The molecular formula is C20H21BrI2N6O. The molecule has 1 fully saturated rings. The highest BCUT2D eigenvalue weighted by Crippen LogP contribution is 2.17. The lowest BCUT2D eigenvalue weighted by atomic mass is 10.0. The van der Waals surface area contributed by atoms with E-state index in [-0.39, 0.29) is 5.56 Å². The number of nitrogens with one attached hydrogen (secondary N) is 1. The number of halogens is 3. The molecule has 4 rings (SSSR count). The van der Waals surface area contributed by atoms with E-state index < -0.39 is 0 Å². The third-order valence-corrected chi connectivity index (χ3v) is 8.55. The highest BCUT2D eigenvalue weighted by atomic mass is 127. The Morgan fingerprint density at radius 1 is 1.03 bits per heavy atom. The number of nitrogens with zero attached hydrogens (tertiary/aromatic N) is 5. The van der Waals surface area contributed by atoms with E-state index in [1.165, 1.54) is 13.3 Å². The van der Waals surface area contributed by atoms with Crippen LogP contribution in [-0.2, 0) is 13.1 Å². The van der Waals surface area contributed by atoms with Crippen molar-refractivity contribution in [2.75, 3.05) is 19.6 Å². The fraction of sp³-hybridized carbons (Fsp3) is 0.400. The van der Waals surface area contributed by atoms with Crippen LogP contribution in [0.25, 0.3) is 11.2 Å². The number of pyridine rings is 2. The van der Waals surface area contributed by atoms with Gasteiger partial charge in [0, 0.05) is 49.7 Å². The van der Waals surface area contributed by atoms with Crippen molar-refractivity contribution in [3.05, 3.63) is 58.4 Å². The van der Waals surface area contributed by atoms with Gasteiger partial charge in [0.05, 0.1) is 17.4 Å². The van der Waals surface area contributed by atoms with Crippen LogP contribution >= 0.6 is 61.1 Å². The van der Waals surface area contributed by atoms with Gasteiger partial charge in [-0.3, -0.25) is 9.78 Å². The summed E-state index contributed by atoms with van der Waals surface area (Å²) in [5.74, 6) is 0. The van der Waals surface area contributed by atoms with E-state index in [0.29, 0.717) is 18.2 Å². The Labute approximate surface area is 210 Å². The molecule has 4 heterocycles. The summed E-state index contributed by atoms with van der Waals surface area (Å²) in [5, 5.41) is 3.65. The van der Waals surface area contributed by atoms with E-state index in [4.69, 9.17) is 0 Å². The first kappa shape index (κ1) is 22.5. The molecule has 0 atom stereocenters. The molecule has 3 aromatic heterocycles. The second-order valence-electron chi connectivity index (χ2n) is 7.33. The molecule has 1 N–H and O–H groups in total. The van der Waals surface area contributed by atoms with Crippen molar-refractivity contribution in [2.45, 2.75) is 32.0 Å². The van der Waals surface area contributed by atoms with Gasteiger partial charge in [0.1, 0.15) is 0 Å². The topological polar surface area (TPSA) is 75.9 Å². The second kappa shape index (κ2) is 10.3. The summed E-state index contributed by atoms with van der Waals surface area (Å²) in [6.07, 6.45) is 7.19. The van der Waals surface area contributed by atoms with Gasteiger partial charge in [0.25, 0.3) is 5.56 Å². The number of piperidine rings is 1. The van der Waals surface area contributed by atoms with Crippen molar-refractivity contribution in [3.8, 4) is 0 Å². The first-order chi connectivity index (χ1) is 14.5. The molecule has 0 bridgehead atoms. The number of hydrogen-bond donors (Lipinski definition) is 1. The highest BCUT2D eigenvalue weighted by molar-refractivity contribution is 14.1. The van der Waals surface area contributed by atoms with E-state index >= 15 is 0 Å². The van der Waals surface area contributed by atoms with Crippen LogP contribution in [-0.4, -0.2) is 50.1 Å². The van der Waals surface area contributed by atoms with Gasteiger partial charge >= 0.3 is 0 Å². The van der Waals surface area contributed by atoms with Crippen LogP contribution in [0.3, 0.4) is 0 Å². The van der Waals surface area contributed by atoms with Crippen molar-refractivity contribution < 1.29 is 0 Å². The normalized spacial score (nSPS) is 15.7. The summed E-state index contributed by atoms with van der Waals surface area (Å²) in [6, 6.07) is 4.56. The van der Waals surface area contributed by atoms with E-state index in [1.807, 2.05) is 12.3 Å². The Balaban J connectivity index is 1.30. The molecule has 0 saturated carbocycles. The molecule has 0 aliphatic carbocycles. The number of hydrogen-bond acceptors (Lipinski definition) is 6. The fourth-order valence-electron chi connectivity index (χ4n) is 3.66. The predicted octanol–water partition coefficient (Wildman–Crippen LogP) is 3.41. The van der Waals surface area contributed by atoms with Gasteiger partial charge in [-0.25, -0.2) is 9.97 Å². The molecule has 0 unspecified atom stereocenters. The molecule has 30 heavy (non-hydrogen) atoms. The average Bonchev–Trinajstić information content (AvgIpc) is 2.74. The Morgan fingerprint density at radius 2 is 1.80 bits per heavy atom. The van der Waals surface area contributed by atoms with Gasteiger partial charge in [0.2, 0.25) is 0 Å². The minimum absolute atomic E-state index is 0.0846. The molecular weight excluding hydrogens is 674 g/mol. The van der Waals surface area contributed by atoms with Gasteiger partial charge in [0.15, 0.2) is 5.65 Å². The first-order valence-corrected chi connectivity index (χ1v) is 12.7. The number of likely N-dealkylation sites (tertiary alicyclic amines) is 1. The van der Waals surface area contributed by atoms with Crippen LogP contribution in [0.4, 0.5) is 0 Å². The van der Waals surface area contributed by atoms with E-state index in [9.17, 15) is 4.79 Å². The third-order valence-electron chi connectivity index (χ3n) is 5.33. The molecule has 0 aromatic carbocycles. The summed E-state index contributed by atoms with van der Waals surface area (Å²) in [6.45, 7) is 4.33. The molecule has 0 amide bonds. The molecule has 1 aliphatic heterocycles. The summed E-state index contributed by atoms with van der Waals surface area (Å²) in [7, 11) is 0. The van der Waals surface area contributed by atoms with Gasteiger partial charge in [-0.1, -0.05) is 0 Å². The summed E-state index contributed by atoms with van der Waals surface area (Å²) in [5.41, 5.74) is 2.37. The number of rotatable bonds is 6. The van der Waals surface area contributed by atoms with Crippen LogP contribution in [0.5, 0.6) is 0 Å². The van der Waals surface area contributed by atoms with E-state index in [2.05, 4.69) is 92.3 Å². The molecule has 7 nitrogen and oxygen atoms in total. The maximum Gasteiger partial charge on any atom is 0.269 e. The summed E-state index contributed by atoms with van der Waals surface area (Å²) >= 11 is 8.10. The highest BCUT2D eigenvalue weighted by Gasteiger charge is 2.19. The second-order valence-corrected chi connectivity index (χ2v) is 10.6. The van der Waals surface area contributed by atoms with Crippen LogP contribution in [0, 0.1) is 7.14 Å². The lowest BCUT2D eigenvalue weighted by Crippen LogP contribution is -2.43. The minimum atomic E-state index is -0.0846. The fourth-order valence-corrected chi connectivity index (χ4v) is 4.77. The molecule has 0 radical (unpaired) electrons. The van der Waals surface area contributed by atoms with E-state index in [1.54, 1.807) is 10.8 Å². The van der Waals surface area contributed by atoms with E-state index in [0.717, 1.165) is 54.7 Å². The van der Waals surface area contributed by atoms with Gasteiger partial charge in [-0.2, -0.15) is 0 Å². The minimum Gasteiger partial charge on any atom is -0.308 e. The Bertz CT molecular complexity index is 1100. The van der Waals surface area contributed by atoms with Crippen LogP contribution in [0.1, 0.15) is 18.5 Å². The standard InChI is InChI=1S/C20H21BrI2N6O/c21-13-7-18-20(26-9-13)27-12-19(30)29(18)6-5-28-3-1-14(2-4-28)24-10-15-8-16(22)17(23)11-25-15/h7-9,11-12,14,24H,1-6,10H2. The zero-order valence-electron chi connectivity index (χ0n) is 16.2. The molecule has 0 spiro atoms. The first-order valence-electron chi connectivity index (χ1n) is 9.76. The Morgan fingerprint density at radius 3 is 2.57 bits per heavy atom. The van der Waals surface area contributed by atoms with Crippen LogP contribution in [0.2, 0.25) is 0 Å². The van der Waals surface area contributed by atoms with Crippen LogP contribution < -0.4 is 10.9 Å². The van der Waals surface area contributed by atoms with Crippen LogP contribution in [0.15, 0.2) is 40.0 Å². The lowest BCUT2D eigenvalue weighted by Gasteiger charge is -2.32. The molecule has 3 aromatic rings. The Hall–Kier alpha value is -0.700. The summed E-state index contributed by atoms with van der Waals surface area (Å²) < 4.78 is 5.06. The van der Waals surface area contributed by atoms with Crippen molar-refractivity contribution in [1.29, 1.82) is 0 Å². The largest absolute Gasteiger partial charge is 0.308 e. The molecule has 1 saturated heterocycles. The van der Waals surface area contributed by atoms with Gasteiger partial charge < -0.3 is 14.8 Å². The van der Waals surface area contributed by atoms with Crippen molar-refractivity contribution in [2.24, 2.45) is 0 Å². The van der Waals surface area contributed by atoms with Gasteiger partial charge in [-0.15, -0.1) is 0 Å². The monoisotopic (exact) mass is 694 g/mol. The van der Waals surface area contributed by atoms with Crippen molar-refractivity contribution >= 4 is 72.3 Å². The summed E-state index contributed by atoms with van der Waals surface area (Å²) in [4.78, 5) is 27.7. The Kier molecular flexibility index (Phi) is 7.71. The third kappa shape index (κ3) is 5.56. The SMILES string of the molecule is O=c1cnc2ncc(Br)cc2n1CCN1CCC(NCc2cc(I)c(I)cn2)CC1. The molecule has 10 heteroatoms.